The zero-order chi connectivity index (χ0) is 13.2. The van der Waals surface area contributed by atoms with E-state index in [0.29, 0.717) is 33.0 Å². The normalized spacial score (nSPS) is 10.4. The maximum atomic E-state index is 5.64. The standard InChI is InChI=1S/C14H23NO3/c1-3-16-9-10-18-13-6-5-12(7-8-15)11-14(13)17-4-2/h5-6,11H,3-4,7-10,15H2,1-2H3. The van der Waals surface area contributed by atoms with Crippen LogP contribution in [0.15, 0.2) is 18.2 Å². The van der Waals surface area contributed by atoms with Crippen LogP contribution in [0, 0.1) is 0 Å². The Labute approximate surface area is 109 Å². The van der Waals surface area contributed by atoms with E-state index in [2.05, 4.69) is 0 Å². The topological polar surface area (TPSA) is 53.7 Å². The van der Waals surface area contributed by atoms with Gasteiger partial charge in [0.1, 0.15) is 6.61 Å². The van der Waals surface area contributed by atoms with Gasteiger partial charge in [-0.1, -0.05) is 6.07 Å². The molecule has 2 N–H and O–H groups in total. The maximum absolute atomic E-state index is 5.64. The first-order valence-corrected chi connectivity index (χ1v) is 6.48. The van der Waals surface area contributed by atoms with Gasteiger partial charge in [-0.05, 0) is 44.5 Å². The van der Waals surface area contributed by atoms with Gasteiger partial charge in [-0.25, -0.2) is 0 Å². The smallest absolute Gasteiger partial charge is 0.161 e. The highest BCUT2D eigenvalue weighted by Crippen LogP contribution is 2.28. The molecule has 0 aliphatic rings. The SMILES string of the molecule is CCOCCOc1ccc(CCN)cc1OCC. The molecule has 0 aliphatic heterocycles. The fourth-order valence-electron chi connectivity index (χ4n) is 1.62. The molecular formula is C14H23NO3. The molecule has 0 fully saturated rings. The van der Waals surface area contributed by atoms with Gasteiger partial charge in [0, 0.05) is 6.61 Å². The molecule has 18 heavy (non-hydrogen) atoms. The summed E-state index contributed by atoms with van der Waals surface area (Å²) in [6, 6.07) is 5.94. The second kappa shape index (κ2) is 8.78. The van der Waals surface area contributed by atoms with Crippen LogP contribution in [-0.4, -0.2) is 33.0 Å². The van der Waals surface area contributed by atoms with Crippen molar-refractivity contribution in [2.75, 3.05) is 33.0 Å². The molecule has 0 atom stereocenters. The number of nitrogens with two attached hydrogens (primary N) is 1. The molecule has 1 aromatic rings. The van der Waals surface area contributed by atoms with Crippen LogP contribution in [-0.2, 0) is 11.2 Å². The van der Waals surface area contributed by atoms with Gasteiger partial charge < -0.3 is 19.9 Å². The number of hydrogen-bond donors (Lipinski definition) is 1. The van der Waals surface area contributed by atoms with E-state index in [9.17, 15) is 0 Å². The van der Waals surface area contributed by atoms with Crippen molar-refractivity contribution >= 4 is 0 Å². The van der Waals surface area contributed by atoms with Gasteiger partial charge in [-0.3, -0.25) is 0 Å². The van der Waals surface area contributed by atoms with E-state index in [-0.39, 0.29) is 0 Å². The molecule has 4 heteroatoms. The Morgan fingerprint density at radius 1 is 1.00 bits per heavy atom. The fourth-order valence-corrected chi connectivity index (χ4v) is 1.62. The lowest BCUT2D eigenvalue weighted by Gasteiger charge is -2.13. The van der Waals surface area contributed by atoms with Gasteiger partial charge in [0.25, 0.3) is 0 Å². The Balaban J connectivity index is 2.63. The predicted octanol–water partition coefficient (Wildman–Crippen LogP) is 2.00. The Kier molecular flexibility index (Phi) is 7.22. The van der Waals surface area contributed by atoms with Crippen LogP contribution in [0.25, 0.3) is 0 Å². The average molecular weight is 253 g/mol. The molecule has 1 aromatic carbocycles. The van der Waals surface area contributed by atoms with Crippen molar-refractivity contribution in [2.45, 2.75) is 20.3 Å². The zero-order valence-corrected chi connectivity index (χ0v) is 11.3. The summed E-state index contributed by atoms with van der Waals surface area (Å²) in [6.45, 7) is 7.00. The molecule has 0 saturated carbocycles. The van der Waals surface area contributed by atoms with Gasteiger partial charge in [0.15, 0.2) is 11.5 Å². The van der Waals surface area contributed by atoms with Crippen LogP contribution < -0.4 is 15.2 Å². The Hall–Kier alpha value is -1.26. The van der Waals surface area contributed by atoms with Crippen LogP contribution in [0.2, 0.25) is 0 Å². The number of rotatable bonds is 9. The summed E-state index contributed by atoms with van der Waals surface area (Å²) in [7, 11) is 0. The van der Waals surface area contributed by atoms with Gasteiger partial charge in [-0.2, -0.15) is 0 Å². The quantitative estimate of drug-likeness (QED) is 0.684. The van der Waals surface area contributed by atoms with Gasteiger partial charge in [-0.15, -0.1) is 0 Å². The molecule has 0 aromatic heterocycles. The molecule has 0 spiro atoms. The number of ether oxygens (including phenoxy) is 3. The van der Waals surface area contributed by atoms with Crippen molar-refractivity contribution in [3.63, 3.8) is 0 Å². The molecule has 0 amide bonds. The summed E-state index contributed by atoms with van der Waals surface area (Å²) in [4.78, 5) is 0. The minimum absolute atomic E-state index is 0.532. The van der Waals surface area contributed by atoms with Crippen LogP contribution in [0.3, 0.4) is 0 Å². The largest absolute Gasteiger partial charge is 0.490 e. The summed E-state index contributed by atoms with van der Waals surface area (Å²) in [5, 5.41) is 0. The van der Waals surface area contributed by atoms with Gasteiger partial charge >= 0.3 is 0 Å². The summed E-state index contributed by atoms with van der Waals surface area (Å²) in [5.41, 5.74) is 6.71. The maximum Gasteiger partial charge on any atom is 0.161 e. The third-order valence-electron chi connectivity index (χ3n) is 2.43. The lowest BCUT2D eigenvalue weighted by Crippen LogP contribution is -2.08. The molecule has 0 radical (unpaired) electrons. The lowest BCUT2D eigenvalue weighted by molar-refractivity contribution is 0.108. The molecule has 0 saturated heterocycles. The first kappa shape index (κ1) is 14.8. The van der Waals surface area contributed by atoms with E-state index in [1.807, 2.05) is 32.0 Å². The van der Waals surface area contributed by atoms with E-state index in [1.165, 1.54) is 0 Å². The fraction of sp³-hybridized carbons (Fsp3) is 0.571. The first-order chi connectivity index (χ1) is 8.81. The van der Waals surface area contributed by atoms with E-state index in [0.717, 1.165) is 23.5 Å². The van der Waals surface area contributed by atoms with Crippen molar-refractivity contribution < 1.29 is 14.2 Å². The zero-order valence-electron chi connectivity index (χ0n) is 11.3. The average Bonchev–Trinajstić information content (AvgIpc) is 2.37. The summed E-state index contributed by atoms with van der Waals surface area (Å²) in [6.07, 6.45) is 0.847. The highest BCUT2D eigenvalue weighted by Gasteiger charge is 2.06. The Morgan fingerprint density at radius 2 is 1.83 bits per heavy atom. The second-order valence-corrected chi connectivity index (χ2v) is 3.80. The molecule has 4 nitrogen and oxygen atoms in total. The highest BCUT2D eigenvalue weighted by atomic mass is 16.5. The first-order valence-electron chi connectivity index (χ1n) is 6.48. The monoisotopic (exact) mass is 253 g/mol. The lowest BCUT2D eigenvalue weighted by atomic mass is 10.1. The predicted molar refractivity (Wildman–Crippen MR) is 72.4 cm³/mol. The molecule has 0 heterocycles. The van der Waals surface area contributed by atoms with Crippen molar-refractivity contribution in [3.8, 4) is 11.5 Å². The van der Waals surface area contributed by atoms with Gasteiger partial charge in [0.05, 0.1) is 13.2 Å². The van der Waals surface area contributed by atoms with Gasteiger partial charge in [0.2, 0.25) is 0 Å². The third kappa shape index (κ3) is 4.94. The Morgan fingerprint density at radius 3 is 2.50 bits per heavy atom. The molecule has 1 rings (SSSR count). The summed E-state index contributed by atoms with van der Waals surface area (Å²) in [5.74, 6) is 1.54. The second-order valence-electron chi connectivity index (χ2n) is 3.80. The highest BCUT2D eigenvalue weighted by molar-refractivity contribution is 5.43. The minimum atomic E-state index is 0.532. The van der Waals surface area contributed by atoms with Crippen LogP contribution in [0.1, 0.15) is 19.4 Å². The van der Waals surface area contributed by atoms with E-state index < -0.39 is 0 Å². The molecular weight excluding hydrogens is 230 g/mol. The molecule has 102 valence electrons. The van der Waals surface area contributed by atoms with Crippen molar-refractivity contribution in [3.05, 3.63) is 23.8 Å². The number of benzene rings is 1. The van der Waals surface area contributed by atoms with E-state index >= 15 is 0 Å². The van der Waals surface area contributed by atoms with Crippen molar-refractivity contribution in [2.24, 2.45) is 5.73 Å². The van der Waals surface area contributed by atoms with Crippen LogP contribution in [0.4, 0.5) is 0 Å². The summed E-state index contributed by atoms with van der Waals surface area (Å²) >= 11 is 0. The minimum Gasteiger partial charge on any atom is -0.490 e. The van der Waals surface area contributed by atoms with Crippen molar-refractivity contribution in [1.82, 2.24) is 0 Å². The summed E-state index contributed by atoms with van der Waals surface area (Å²) < 4.78 is 16.5. The number of hydrogen-bond acceptors (Lipinski definition) is 4. The van der Waals surface area contributed by atoms with E-state index in [4.69, 9.17) is 19.9 Å². The Bertz CT molecular complexity index is 342. The molecule has 0 unspecified atom stereocenters. The third-order valence-corrected chi connectivity index (χ3v) is 2.43. The molecule has 0 bridgehead atoms. The van der Waals surface area contributed by atoms with E-state index in [1.54, 1.807) is 0 Å². The molecule has 0 aliphatic carbocycles. The van der Waals surface area contributed by atoms with Crippen molar-refractivity contribution in [1.29, 1.82) is 0 Å². The van der Waals surface area contributed by atoms with Crippen LogP contribution >= 0.6 is 0 Å². The van der Waals surface area contributed by atoms with Crippen LogP contribution in [0.5, 0.6) is 11.5 Å².